The third kappa shape index (κ3) is 4.88. The molecular formula is C31H32N2O4. The van der Waals surface area contributed by atoms with Gasteiger partial charge in [-0.1, -0.05) is 62.4 Å². The highest BCUT2D eigenvalue weighted by Crippen LogP contribution is 2.40. The van der Waals surface area contributed by atoms with Crippen LogP contribution in [0.4, 0.5) is 0 Å². The van der Waals surface area contributed by atoms with E-state index >= 15 is 0 Å². The van der Waals surface area contributed by atoms with Crippen LogP contribution in [0, 0.1) is 5.92 Å². The molecule has 6 nitrogen and oxygen atoms in total. The van der Waals surface area contributed by atoms with Crippen molar-refractivity contribution in [1.82, 2.24) is 9.88 Å². The van der Waals surface area contributed by atoms with Gasteiger partial charge in [0.2, 0.25) is 5.88 Å². The fourth-order valence-electron chi connectivity index (χ4n) is 5.27. The zero-order valence-electron chi connectivity index (χ0n) is 21.3. The Labute approximate surface area is 217 Å². The van der Waals surface area contributed by atoms with Gasteiger partial charge in [-0.3, -0.25) is 9.59 Å². The SMILES string of the molecule is C[C@@H](C(=O)O)[C@]1(C)c2ccc(nc2)OCC/C=C/Cc2ccc(cc2)C(=O)N2CCc3ccc1cc3C2. The first-order valence-corrected chi connectivity index (χ1v) is 12.8. The maximum Gasteiger partial charge on any atom is 0.307 e. The van der Waals surface area contributed by atoms with Crippen molar-refractivity contribution in [2.24, 2.45) is 5.92 Å². The number of carboxylic acid groups (broad SMARTS) is 1. The Morgan fingerprint density at radius 1 is 1.05 bits per heavy atom. The molecule has 2 aromatic carbocycles. The molecule has 6 heterocycles. The second kappa shape index (κ2) is 10.2. The Morgan fingerprint density at radius 3 is 2.57 bits per heavy atom. The van der Waals surface area contributed by atoms with Crippen LogP contribution in [0.25, 0.3) is 0 Å². The van der Waals surface area contributed by atoms with E-state index in [0.29, 0.717) is 31.1 Å². The van der Waals surface area contributed by atoms with Crippen molar-refractivity contribution in [1.29, 1.82) is 0 Å². The molecule has 3 aromatic rings. The number of carboxylic acids is 1. The van der Waals surface area contributed by atoms with Crippen LogP contribution in [0.1, 0.15) is 58.4 Å². The number of hydrogen-bond donors (Lipinski definition) is 1. The molecule has 0 unspecified atom stereocenters. The lowest BCUT2D eigenvalue weighted by atomic mass is 9.67. The summed E-state index contributed by atoms with van der Waals surface area (Å²) in [6, 6.07) is 17.8. The number of allylic oxidation sites excluding steroid dienone is 1. The molecule has 0 radical (unpaired) electrons. The number of aromatic nitrogens is 1. The van der Waals surface area contributed by atoms with Crippen molar-refractivity contribution in [3.05, 3.63) is 106 Å². The van der Waals surface area contributed by atoms with Crippen LogP contribution in [-0.2, 0) is 29.6 Å². The van der Waals surface area contributed by atoms with Crippen LogP contribution in [0.15, 0.2) is 72.9 Å². The molecular weight excluding hydrogens is 464 g/mol. The molecule has 7 bridgehead atoms. The molecule has 0 spiro atoms. The van der Waals surface area contributed by atoms with Gasteiger partial charge in [0.05, 0.1) is 12.5 Å². The number of amides is 1. The molecule has 0 saturated heterocycles. The highest BCUT2D eigenvalue weighted by Gasteiger charge is 2.40. The van der Waals surface area contributed by atoms with Gasteiger partial charge in [-0.15, -0.1) is 0 Å². The zero-order valence-corrected chi connectivity index (χ0v) is 21.3. The van der Waals surface area contributed by atoms with Gasteiger partial charge < -0.3 is 14.7 Å². The second-order valence-corrected chi connectivity index (χ2v) is 10.1. The van der Waals surface area contributed by atoms with E-state index in [1.54, 1.807) is 13.1 Å². The quantitative estimate of drug-likeness (QED) is 0.494. The van der Waals surface area contributed by atoms with Gasteiger partial charge in [0.1, 0.15) is 0 Å². The Balaban J connectivity index is 1.58. The Hall–Kier alpha value is -3.93. The summed E-state index contributed by atoms with van der Waals surface area (Å²) in [6.45, 7) is 5.34. The third-order valence-corrected chi connectivity index (χ3v) is 7.93. The topological polar surface area (TPSA) is 79.7 Å². The minimum Gasteiger partial charge on any atom is -0.481 e. The molecule has 1 amide bonds. The van der Waals surface area contributed by atoms with E-state index in [9.17, 15) is 14.7 Å². The van der Waals surface area contributed by atoms with Gasteiger partial charge in [-0.25, -0.2) is 4.98 Å². The summed E-state index contributed by atoms with van der Waals surface area (Å²) in [4.78, 5) is 32.0. The number of nitrogens with zero attached hydrogens (tertiary/aromatic N) is 2. The lowest BCUT2D eigenvalue weighted by Gasteiger charge is -2.36. The molecule has 1 aromatic heterocycles. The van der Waals surface area contributed by atoms with Crippen LogP contribution in [0.5, 0.6) is 5.88 Å². The van der Waals surface area contributed by atoms with Crippen molar-refractivity contribution in [2.75, 3.05) is 13.2 Å². The summed E-state index contributed by atoms with van der Waals surface area (Å²) in [6.07, 6.45) is 8.23. The van der Waals surface area contributed by atoms with E-state index < -0.39 is 17.3 Å². The monoisotopic (exact) mass is 496 g/mol. The van der Waals surface area contributed by atoms with Crippen molar-refractivity contribution >= 4 is 11.9 Å². The number of carbonyl (C=O) groups is 2. The Morgan fingerprint density at radius 2 is 1.84 bits per heavy atom. The molecule has 37 heavy (non-hydrogen) atoms. The predicted molar refractivity (Wildman–Crippen MR) is 142 cm³/mol. The number of ether oxygens (including phenoxy) is 1. The van der Waals surface area contributed by atoms with Crippen LogP contribution in [0.2, 0.25) is 0 Å². The smallest absolute Gasteiger partial charge is 0.307 e. The largest absolute Gasteiger partial charge is 0.481 e. The maximum absolute atomic E-state index is 13.3. The first-order valence-electron chi connectivity index (χ1n) is 12.8. The minimum absolute atomic E-state index is 0.0163. The number of hydrogen-bond acceptors (Lipinski definition) is 4. The van der Waals surface area contributed by atoms with E-state index in [1.165, 1.54) is 5.56 Å². The van der Waals surface area contributed by atoms with E-state index in [2.05, 4.69) is 29.3 Å². The fraction of sp³-hybridized carbons (Fsp3) is 0.323. The lowest BCUT2D eigenvalue weighted by Crippen LogP contribution is -2.38. The Bertz CT molecular complexity index is 1330. The number of rotatable bonds is 2. The van der Waals surface area contributed by atoms with E-state index in [1.807, 2.05) is 54.3 Å². The van der Waals surface area contributed by atoms with Crippen molar-refractivity contribution in [2.45, 2.75) is 45.1 Å². The maximum atomic E-state index is 13.3. The van der Waals surface area contributed by atoms with Crippen LogP contribution in [0.3, 0.4) is 0 Å². The summed E-state index contributed by atoms with van der Waals surface area (Å²) < 4.78 is 5.83. The molecule has 1 N–H and O–H groups in total. The van der Waals surface area contributed by atoms with E-state index in [-0.39, 0.29) is 5.91 Å². The van der Waals surface area contributed by atoms with E-state index in [0.717, 1.165) is 41.5 Å². The third-order valence-electron chi connectivity index (χ3n) is 7.93. The molecule has 0 saturated carbocycles. The van der Waals surface area contributed by atoms with Gasteiger partial charge in [-0.2, -0.15) is 0 Å². The molecule has 0 aliphatic carbocycles. The molecule has 6 heteroatoms. The summed E-state index contributed by atoms with van der Waals surface area (Å²) in [5.74, 6) is -1.05. The predicted octanol–water partition coefficient (Wildman–Crippen LogP) is 5.19. The normalized spacial score (nSPS) is 21.2. The van der Waals surface area contributed by atoms with Gasteiger partial charge >= 0.3 is 5.97 Å². The van der Waals surface area contributed by atoms with Crippen molar-refractivity contribution in [3.63, 3.8) is 0 Å². The number of aliphatic carboxylic acids is 1. The molecule has 5 aliphatic rings. The van der Waals surface area contributed by atoms with Gasteiger partial charge in [0.25, 0.3) is 5.91 Å². The second-order valence-electron chi connectivity index (χ2n) is 10.1. The molecule has 8 rings (SSSR count). The standard InChI is InChI=1S/C31H32N2O4/c1-21(30(35)36)31(2)26-12-11-23-15-16-33(20-25(23)18-26)29(34)24-9-7-22(8-10-24)6-4-3-5-17-37-28-14-13-27(31)19-32-28/h3-4,7-14,18-19,21H,5-6,15-17,20H2,1-2H3,(H,35,36)/b4-3+/t21-,31-/m0/s1. The number of carbonyl (C=O) groups excluding carboxylic acids is 1. The lowest BCUT2D eigenvalue weighted by molar-refractivity contribution is -0.142. The molecule has 5 aliphatic heterocycles. The molecule has 190 valence electrons. The van der Waals surface area contributed by atoms with Crippen LogP contribution in [-0.4, -0.2) is 40.0 Å². The van der Waals surface area contributed by atoms with Gasteiger partial charge in [0, 0.05) is 36.3 Å². The van der Waals surface area contributed by atoms with E-state index in [4.69, 9.17) is 4.74 Å². The number of pyridine rings is 1. The fourth-order valence-corrected chi connectivity index (χ4v) is 5.27. The zero-order chi connectivity index (χ0) is 26.0. The summed E-state index contributed by atoms with van der Waals surface area (Å²) in [5.41, 5.74) is 4.97. The summed E-state index contributed by atoms with van der Waals surface area (Å²) >= 11 is 0. The minimum atomic E-state index is -0.877. The average molecular weight is 497 g/mol. The van der Waals surface area contributed by atoms with Crippen LogP contribution >= 0.6 is 0 Å². The highest BCUT2D eigenvalue weighted by atomic mass is 16.5. The van der Waals surface area contributed by atoms with Crippen molar-refractivity contribution < 1.29 is 19.4 Å². The Kier molecular flexibility index (Phi) is 6.83. The number of benzene rings is 2. The molecule has 0 fully saturated rings. The van der Waals surface area contributed by atoms with Crippen LogP contribution < -0.4 is 4.74 Å². The first kappa shape index (κ1) is 24.8. The first-order chi connectivity index (χ1) is 17.9. The summed E-state index contributed by atoms with van der Waals surface area (Å²) in [5, 5.41) is 10.0. The highest BCUT2D eigenvalue weighted by molar-refractivity contribution is 5.94. The summed E-state index contributed by atoms with van der Waals surface area (Å²) in [7, 11) is 0. The van der Waals surface area contributed by atoms with Gasteiger partial charge in [0.15, 0.2) is 0 Å². The average Bonchev–Trinajstić information content (AvgIpc) is 2.93. The van der Waals surface area contributed by atoms with Gasteiger partial charge in [-0.05, 0) is 59.2 Å². The molecule has 2 atom stereocenters. The van der Waals surface area contributed by atoms with Crippen molar-refractivity contribution in [3.8, 4) is 5.88 Å².